The fourth-order valence-corrected chi connectivity index (χ4v) is 4.11. The van der Waals surface area contributed by atoms with E-state index in [0.717, 1.165) is 35.2 Å². The van der Waals surface area contributed by atoms with Crippen molar-refractivity contribution >= 4 is 29.6 Å². The molecular formula is C19H19ClN2O2S. The van der Waals surface area contributed by atoms with Crippen LogP contribution in [0.5, 0.6) is 11.5 Å². The molecule has 4 nitrogen and oxygen atoms in total. The fraction of sp³-hybridized carbons (Fsp3) is 0.316. The molecule has 0 bridgehead atoms. The highest BCUT2D eigenvalue weighted by Crippen LogP contribution is 2.46. The Balaban J connectivity index is 1.48. The Labute approximate surface area is 156 Å². The van der Waals surface area contributed by atoms with Crippen molar-refractivity contribution in [3.63, 3.8) is 0 Å². The molecule has 1 N–H and O–H groups in total. The van der Waals surface area contributed by atoms with E-state index in [1.165, 1.54) is 5.56 Å². The molecule has 0 radical (unpaired) electrons. The summed E-state index contributed by atoms with van der Waals surface area (Å²) in [5.74, 6) is 1.57. The predicted molar refractivity (Wildman–Crippen MR) is 103 cm³/mol. The zero-order valence-electron chi connectivity index (χ0n) is 13.8. The third-order valence-corrected chi connectivity index (χ3v) is 5.93. The average Bonchev–Trinajstić information content (AvgIpc) is 3.09. The van der Waals surface area contributed by atoms with Crippen LogP contribution in [-0.4, -0.2) is 32.5 Å². The van der Waals surface area contributed by atoms with Gasteiger partial charge in [0.1, 0.15) is 11.5 Å². The molecule has 0 amide bonds. The molecule has 0 saturated carbocycles. The Morgan fingerprint density at radius 2 is 1.84 bits per heavy atom. The maximum Gasteiger partial charge on any atom is 0.161 e. The van der Waals surface area contributed by atoms with Gasteiger partial charge in [-0.1, -0.05) is 29.8 Å². The van der Waals surface area contributed by atoms with Crippen molar-refractivity contribution < 1.29 is 9.47 Å². The molecule has 2 unspecified atom stereocenters. The number of hydrogen-bond donors (Lipinski definition) is 1. The Kier molecular flexibility index (Phi) is 4.88. The second-order valence-corrected chi connectivity index (χ2v) is 7.73. The first-order chi connectivity index (χ1) is 12.2. The molecule has 1 saturated heterocycles. The fourth-order valence-electron chi connectivity index (χ4n) is 2.81. The monoisotopic (exact) mass is 374 g/mol. The lowest BCUT2D eigenvalue weighted by Gasteiger charge is -2.28. The maximum atomic E-state index is 5.97. The quantitative estimate of drug-likeness (QED) is 0.849. The highest BCUT2D eigenvalue weighted by molar-refractivity contribution is 8.00. The lowest BCUT2D eigenvalue weighted by Crippen LogP contribution is -2.50. The summed E-state index contributed by atoms with van der Waals surface area (Å²) in [6.07, 6.45) is 2.24. The minimum Gasteiger partial charge on any atom is -0.493 e. The van der Waals surface area contributed by atoms with Crippen molar-refractivity contribution in [2.24, 2.45) is 4.99 Å². The first kappa shape index (κ1) is 16.8. The van der Waals surface area contributed by atoms with Crippen molar-refractivity contribution in [3.8, 4) is 11.5 Å². The van der Waals surface area contributed by atoms with Crippen LogP contribution in [0.2, 0.25) is 5.02 Å². The lowest BCUT2D eigenvalue weighted by atomic mass is 10.1. The molecule has 130 valence electrons. The van der Waals surface area contributed by atoms with Gasteiger partial charge in [-0.2, -0.15) is 0 Å². The normalized spacial score (nSPS) is 22.6. The van der Waals surface area contributed by atoms with E-state index in [4.69, 9.17) is 21.1 Å². The van der Waals surface area contributed by atoms with Crippen molar-refractivity contribution in [2.75, 3.05) is 20.2 Å². The molecule has 4 rings (SSSR count). The van der Waals surface area contributed by atoms with E-state index in [0.29, 0.717) is 0 Å². The molecule has 0 aliphatic carbocycles. The van der Waals surface area contributed by atoms with Crippen molar-refractivity contribution in [1.82, 2.24) is 5.32 Å². The Morgan fingerprint density at radius 3 is 2.52 bits per heavy atom. The highest BCUT2D eigenvalue weighted by atomic mass is 35.5. The number of methoxy groups -OCH3 is 1. The number of benzene rings is 2. The lowest BCUT2D eigenvalue weighted by molar-refractivity contribution is 0.137. The molecule has 2 aromatic rings. The summed E-state index contributed by atoms with van der Waals surface area (Å²) in [7, 11) is 1.68. The van der Waals surface area contributed by atoms with Gasteiger partial charge in [0.05, 0.1) is 12.4 Å². The van der Waals surface area contributed by atoms with Crippen LogP contribution >= 0.6 is 23.4 Å². The summed E-state index contributed by atoms with van der Waals surface area (Å²) in [6.45, 7) is 1.78. The molecule has 2 heterocycles. The van der Waals surface area contributed by atoms with Gasteiger partial charge >= 0.3 is 0 Å². The van der Waals surface area contributed by atoms with E-state index in [2.05, 4.69) is 22.4 Å². The average molecular weight is 375 g/mol. The molecule has 25 heavy (non-hydrogen) atoms. The summed E-state index contributed by atoms with van der Waals surface area (Å²) in [4.78, 5) is 4.66. The van der Waals surface area contributed by atoms with Gasteiger partial charge in [0.2, 0.25) is 0 Å². The van der Waals surface area contributed by atoms with Crippen LogP contribution in [-0.2, 0) is 0 Å². The van der Waals surface area contributed by atoms with Crippen molar-refractivity contribution in [1.29, 1.82) is 0 Å². The number of thioether (sulfide) groups is 1. The molecule has 1 fully saturated rings. The number of rotatable bonds is 5. The summed E-state index contributed by atoms with van der Waals surface area (Å²) in [5, 5.41) is 4.25. The Morgan fingerprint density at radius 1 is 1.08 bits per heavy atom. The SMILES string of the molecule is COc1cc(C2C=NC(c3ccc(Cl)cc3)S2)ccc1OC1CNC1. The van der Waals surface area contributed by atoms with E-state index >= 15 is 0 Å². The highest BCUT2D eigenvalue weighted by Gasteiger charge is 2.25. The molecule has 6 heteroatoms. The van der Waals surface area contributed by atoms with Gasteiger partial charge < -0.3 is 14.8 Å². The zero-order valence-corrected chi connectivity index (χ0v) is 15.4. The molecule has 0 aromatic heterocycles. The number of ether oxygens (including phenoxy) is 2. The largest absolute Gasteiger partial charge is 0.493 e. The van der Waals surface area contributed by atoms with Gasteiger partial charge in [0.15, 0.2) is 11.5 Å². The summed E-state index contributed by atoms with van der Waals surface area (Å²) >= 11 is 7.77. The topological polar surface area (TPSA) is 42.9 Å². The van der Waals surface area contributed by atoms with Gasteiger partial charge in [0.25, 0.3) is 0 Å². The van der Waals surface area contributed by atoms with Crippen LogP contribution in [0.25, 0.3) is 0 Å². The van der Waals surface area contributed by atoms with Crippen molar-refractivity contribution in [2.45, 2.75) is 16.7 Å². The molecule has 0 spiro atoms. The van der Waals surface area contributed by atoms with Gasteiger partial charge in [0, 0.05) is 24.3 Å². The van der Waals surface area contributed by atoms with Gasteiger partial charge in [-0.3, -0.25) is 4.99 Å². The number of hydrogen-bond acceptors (Lipinski definition) is 5. The Hall–Kier alpha value is -1.69. The summed E-state index contributed by atoms with van der Waals surface area (Å²) < 4.78 is 11.5. The van der Waals surface area contributed by atoms with Crippen LogP contribution in [0, 0.1) is 0 Å². The van der Waals surface area contributed by atoms with Crippen LogP contribution in [0.4, 0.5) is 0 Å². The molecule has 2 aliphatic rings. The number of nitrogens with one attached hydrogen (secondary N) is 1. The number of aliphatic imine (C=N–C) groups is 1. The predicted octanol–water partition coefficient (Wildman–Crippen LogP) is 4.26. The van der Waals surface area contributed by atoms with E-state index in [1.54, 1.807) is 18.9 Å². The molecule has 2 atom stereocenters. The second-order valence-electron chi connectivity index (χ2n) is 6.07. The standard InChI is InChI=1S/C19H19ClN2O2S/c1-23-17-8-13(4-7-16(17)24-15-9-21-10-15)18-11-22-19(25-18)12-2-5-14(20)6-3-12/h2-8,11,15,18-19,21H,9-10H2,1H3. The molecule has 2 aromatic carbocycles. The van der Waals surface area contributed by atoms with Crippen LogP contribution in [0.15, 0.2) is 47.5 Å². The molecular weight excluding hydrogens is 356 g/mol. The minimum absolute atomic E-state index is 0.102. The van der Waals surface area contributed by atoms with Gasteiger partial charge in [-0.15, -0.1) is 11.8 Å². The van der Waals surface area contributed by atoms with Crippen LogP contribution in [0.3, 0.4) is 0 Å². The second kappa shape index (κ2) is 7.28. The van der Waals surface area contributed by atoms with Crippen LogP contribution in [0.1, 0.15) is 21.8 Å². The van der Waals surface area contributed by atoms with E-state index in [1.807, 2.05) is 36.5 Å². The molecule has 2 aliphatic heterocycles. The number of halogens is 1. The third-order valence-electron chi connectivity index (χ3n) is 4.34. The number of nitrogens with zero attached hydrogens (tertiary/aromatic N) is 1. The van der Waals surface area contributed by atoms with Crippen LogP contribution < -0.4 is 14.8 Å². The zero-order chi connectivity index (χ0) is 17.2. The van der Waals surface area contributed by atoms with E-state index in [9.17, 15) is 0 Å². The summed E-state index contributed by atoms with van der Waals surface area (Å²) in [5.41, 5.74) is 2.33. The summed E-state index contributed by atoms with van der Waals surface area (Å²) in [6, 6.07) is 14.0. The van der Waals surface area contributed by atoms with Crippen molar-refractivity contribution in [3.05, 3.63) is 58.6 Å². The maximum absolute atomic E-state index is 5.97. The van der Waals surface area contributed by atoms with Gasteiger partial charge in [-0.25, -0.2) is 0 Å². The van der Waals surface area contributed by atoms with E-state index in [-0.39, 0.29) is 16.7 Å². The Bertz CT molecular complexity index is 777. The first-order valence-electron chi connectivity index (χ1n) is 8.22. The third kappa shape index (κ3) is 3.64. The van der Waals surface area contributed by atoms with Gasteiger partial charge in [-0.05, 0) is 35.4 Å². The smallest absolute Gasteiger partial charge is 0.161 e. The minimum atomic E-state index is 0.102. The first-order valence-corrected chi connectivity index (χ1v) is 9.54. The van der Waals surface area contributed by atoms with E-state index < -0.39 is 0 Å².